The Morgan fingerprint density at radius 3 is 0.709 bits per heavy atom. The average molecular weight is 1850 g/mol. The maximum Gasteiger partial charge on any atom is 0.252 e. The van der Waals surface area contributed by atoms with E-state index >= 15 is 0 Å². The Labute approximate surface area is 855 Å². The van der Waals surface area contributed by atoms with Crippen molar-refractivity contribution in [3.63, 3.8) is 0 Å². The Balaban J connectivity index is 0.987. The van der Waals surface area contributed by atoms with Crippen molar-refractivity contribution in [2.45, 2.75) is 189 Å². The average Bonchev–Trinajstić information content (AvgIpc) is 1.41. The van der Waals surface area contributed by atoms with E-state index in [1.54, 1.807) is 0 Å². The zero-order valence-electron chi connectivity index (χ0n) is 97.5. The molecule has 4 nitrogen and oxygen atoms in total. The first-order valence-electron chi connectivity index (χ1n) is 56.1. The highest BCUT2D eigenvalue weighted by molar-refractivity contribution is 7.00. The predicted molar refractivity (Wildman–Crippen MR) is 610 cm³/mol. The van der Waals surface area contributed by atoms with Crippen LogP contribution in [-0.4, -0.2) is 15.8 Å². The molecule has 0 radical (unpaired) electrons. The predicted octanol–water partition coefficient (Wildman–Crippen LogP) is 36.1. The Morgan fingerprint density at radius 2 is 0.461 bits per heavy atom. The van der Waals surface area contributed by atoms with Crippen LogP contribution in [-0.2, 0) is 43.7 Å². The fraction of sp³-hybridized carbons (Fsp3) is 0.250. The molecular weight excluding hydrogens is 1700 g/mol. The van der Waals surface area contributed by atoms with Gasteiger partial charge in [-0.25, -0.2) is 0 Å². The minimum Gasteiger partial charge on any atom is -0.310 e. The second-order valence-corrected chi connectivity index (χ2v) is 46.2. The molecule has 0 amide bonds. The standard InChI is InChI=1S/C136H135BN4/c1-130(2,3)82-88-38-34-50-102(66-88)109-70-92(86-134(13,14)15)71-110(103-51-35-39-89(67-103)83-131(4,5)6)128(109)140-123-80-107(138-119-62-54-98(94-42-26-22-27-43-94)74-113(119)114-75-99(55-63-120(114)138)95-44-28-23-29-45-95)58-60-117(123)137-118-61-59-108(139-121-64-56-100(96-46-30-24-31-47-96)76-115(121)116-77-101(57-65-122(116)139)97-48-32-25-33-49-97)81-124(118)141(126-79-106(136(19,20)21)78-125(140)127(126)137)129-111(104-52-36-40-90(68-104)84-132(7,8)9)72-93(87-135(16,17)18)73-112(129)105-53-37-41-91(69-105)85-133(10,11)12/h22-81H,82-87H2,1-21H3/i82D2,83D2,84D2,85D2,86D2,87D2. The van der Waals surface area contributed by atoms with E-state index in [9.17, 15) is 16.4 Å². The van der Waals surface area contributed by atoms with Gasteiger partial charge in [0.1, 0.15) is 0 Å². The number of nitrogens with zero attached hydrogens (tertiary/aromatic N) is 4. The molecule has 19 aromatic rings. The molecule has 17 aromatic carbocycles. The van der Waals surface area contributed by atoms with Gasteiger partial charge in [-0.3, -0.25) is 0 Å². The number of rotatable bonds is 18. The topological polar surface area (TPSA) is 16.3 Å². The fourth-order valence-corrected chi connectivity index (χ4v) is 21.4. The summed E-state index contributed by atoms with van der Waals surface area (Å²) in [5, 5.41) is 4.15. The van der Waals surface area contributed by atoms with E-state index in [0.717, 1.165) is 144 Å². The molecule has 2 aliphatic heterocycles. The van der Waals surface area contributed by atoms with Crippen LogP contribution in [0, 0.1) is 32.5 Å². The molecule has 2 aromatic heterocycles. The van der Waals surface area contributed by atoms with Crippen LogP contribution in [0.5, 0.6) is 0 Å². The first-order valence-corrected chi connectivity index (χ1v) is 50.1. The number of fused-ring (bicyclic) bond motifs is 10. The molecule has 702 valence electrons. The van der Waals surface area contributed by atoms with Crippen LogP contribution in [0.3, 0.4) is 0 Å². The van der Waals surface area contributed by atoms with E-state index in [0.29, 0.717) is 89.3 Å². The normalized spacial score (nSPS) is 15.0. The van der Waals surface area contributed by atoms with E-state index in [2.05, 4.69) is 258 Å². The molecule has 0 aliphatic carbocycles. The van der Waals surface area contributed by atoms with Gasteiger partial charge in [0, 0.05) is 94.4 Å². The van der Waals surface area contributed by atoms with E-state index < -0.39 is 82.9 Å². The second-order valence-electron chi connectivity index (χ2n) is 46.2. The van der Waals surface area contributed by atoms with Crippen LogP contribution in [0.2, 0.25) is 0 Å². The molecular formula is C136H135BN4. The molecule has 2 aliphatic rings. The van der Waals surface area contributed by atoms with Crippen molar-refractivity contribution >= 4 is 101 Å². The molecule has 4 heterocycles. The van der Waals surface area contributed by atoms with Gasteiger partial charge < -0.3 is 18.9 Å². The van der Waals surface area contributed by atoms with E-state index in [1.165, 1.54) is 0 Å². The largest absolute Gasteiger partial charge is 0.310 e. The van der Waals surface area contributed by atoms with Gasteiger partial charge in [-0.15, -0.1) is 0 Å². The summed E-state index contributed by atoms with van der Waals surface area (Å²) in [5.41, 5.74) is 22.2. The third kappa shape index (κ3) is 18.9. The molecule has 0 bridgehead atoms. The molecule has 5 heteroatoms. The van der Waals surface area contributed by atoms with Gasteiger partial charge in [-0.2, -0.15) is 0 Å². The van der Waals surface area contributed by atoms with Crippen molar-refractivity contribution in [1.29, 1.82) is 0 Å². The lowest BCUT2D eigenvalue weighted by Crippen LogP contribution is -2.61. The highest BCUT2D eigenvalue weighted by Gasteiger charge is 2.47. The van der Waals surface area contributed by atoms with Crippen LogP contribution in [0.15, 0.2) is 364 Å². The minimum absolute atomic E-state index is 0.354. The molecule has 0 spiro atoms. The summed E-state index contributed by atoms with van der Waals surface area (Å²) in [6.45, 7) is 40.6. The van der Waals surface area contributed by atoms with Crippen LogP contribution in [0.4, 0.5) is 34.1 Å². The van der Waals surface area contributed by atoms with Gasteiger partial charge in [-0.1, -0.05) is 400 Å². The van der Waals surface area contributed by atoms with E-state index in [4.69, 9.17) is 0 Å². The molecule has 0 saturated carbocycles. The Bertz CT molecular complexity index is 7840. The van der Waals surface area contributed by atoms with Gasteiger partial charge >= 0.3 is 0 Å². The second kappa shape index (κ2) is 35.7. The molecule has 0 unspecified atom stereocenters. The third-order valence-electron chi connectivity index (χ3n) is 26.9. The van der Waals surface area contributed by atoms with Crippen molar-refractivity contribution in [2.75, 3.05) is 9.80 Å². The summed E-state index contributed by atoms with van der Waals surface area (Å²) >= 11 is 0. The van der Waals surface area contributed by atoms with Crippen molar-refractivity contribution in [2.24, 2.45) is 32.5 Å². The van der Waals surface area contributed by atoms with Crippen molar-refractivity contribution in [3.8, 4) is 100 Å². The summed E-state index contributed by atoms with van der Waals surface area (Å²) in [6, 6.07) is 127. The summed E-state index contributed by atoms with van der Waals surface area (Å²) in [4.78, 5) is 4.86. The van der Waals surface area contributed by atoms with Gasteiger partial charge in [0.15, 0.2) is 0 Å². The highest BCUT2D eigenvalue weighted by Crippen LogP contribution is 2.57. The van der Waals surface area contributed by atoms with Gasteiger partial charge in [-0.05, 0) is 307 Å². The van der Waals surface area contributed by atoms with Crippen molar-refractivity contribution in [1.82, 2.24) is 9.13 Å². The molecule has 0 N–H and O–H groups in total. The first-order chi connectivity index (χ1) is 71.8. The smallest absolute Gasteiger partial charge is 0.252 e. The lowest BCUT2D eigenvalue weighted by molar-refractivity contribution is 0.410. The molecule has 21 rings (SSSR count). The Morgan fingerprint density at radius 1 is 0.213 bits per heavy atom. The SMILES string of the molecule is [2H]C([2H])(c1cccc(-c2cc(C([2H])([2H])C(C)(C)C)cc(-c3cccc(C([2H])([2H])C(C)(C)C)c3)c2N2c3cc(-n4c5ccc(-c6ccccc6)cc5c5cc(-c6ccccc6)ccc54)ccc3B3c4ccc(-n5c6ccc(-c7ccccc7)cc6c6cc(-c7ccccc7)ccc65)cc4N(c4c(-c5cccc(C([2H])([2H])C(C)(C)C)c5)cc(C([2H])([2H])C(C)(C)C)cc4-c4cccc(C([2H])([2H])C(C)(C)C)c4)c4cc(C(C)(C)C)cc2c43)c1)C(C)(C)C. The lowest BCUT2D eigenvalue weighted by Gasteiger charge is -2.46. The Hall–Kier alpha value is -14.0. The minimum atomic E-state index is -2.09. The Kier molecular flexibility index (Phi) is 20.2. The highest BCUT2D eigenvalue weighted by atomic mass is 15.2. The van der Waals surface area contributed by atoms with Crippen LogP contribution in [0.1, 0.15) is 201 Å². The lowest BCUT2D eigenvalue weighted by atomic mass is 9.33. The quantitative estimate of drug-likeness (QED) is 0.0796. The molecule has 0 saturated heterocycles. The fourth-order valence-electron chi connectivity index (χ4n) is 21.4. The zero-order valence-corrected chi connectivity index (χ0v) is 85.5. The molecule has 0 atom stereocenters. The number of aromatic nitrogens is 2. The van der Waals surface area contributed by atoms with Crippen LogP contribution < -0.4 is 26.2 Å². The summed E-state index contributed by atoms with van der Waals surface area (Å²) < 4.78 is 131. The maximum atomic E-state index is 10.8. The zero-order chi connectivity index (χ0) is 109. The number of hydrogen-bond acceptors (Lipinski definition) is 2. The van der Waals surface area contributed by atoms with Gasteiger partial charge in [0.05, 0.1) is 33.4 Å². The summed E-state index contributed by atoms with van der Waals surface area (Å²) in [7, 11) is 0. The van der Waals surface area contributed by atoms with E-state index in [-0.39, 0.29) is 0 Å². The van der Waals surface area contributed by atoms with Crippen molar-refractivity contribution < 1.29 is 16.4 Å². The third-order valence-corrected chi connectivity index (χ3v) is 26.9. The maximum absolute atomic E-state index is 10.8. The summed E-state index contributed by atoms with van der Waals surface area (Å²) in [6.07, 6.45) is -12.0. The van der Waals surface area contributed by atoms with Gasteiger partial charge in [0.2, 0.25) is 0 Å². The van der Waals surface area contributed by atoms with Crippen LogP contribution in [0.25, 0.3) is 144 Å². The monoisotopic (exact) mass is 1850 g/mol. The number of hydrogen-bond donors (Lipinski definition) is 0. The van der Waals surface area contributed by atoms with Gasteiger partial charge in [0.25, 0.3) is 6.71 Å². The van der Waals surface area contributed by atoms with Crippen molar-refractivity contribution in [3.05, 3.63) is 403 Å². The molecule has 0 fully saturated rings. The van der Waals surface area contributed by atoms with Crippen LogP contribution >= 0.6 is 0 Å². The number of benzene rings is 17. The molecule has 141 heavy (non-hydrogen) atoms. The van der Waals surface area contributed by atoms with E-state index in [1.807, 2.05) is 270 Å². The number of anilines is 6. The summed E-state index contributed by atoms with van der Waals surface area (Å²) in [5.74, 6) is 0. The first kappa shape index (κ1) is 79.8.